The van der Waals surface area contributed by atoms with Gasteiger partial charge in [-0.25, -0.2) is 0 Å². The first-order valence-electron chi connectivity index (χ1n) is 9.80. The molecule has 0 aliphatic heterocycles. The molecule has 0 saturated carbocycles. The molecule has 0 aliphatic carbocycles. The zero-order chi connectivity index (χ0) is 20.0. The summed E-state index contributed by atoms with van der Waals surface area (Å²) in [6, 6.07) is 8.10. The van der Waals surface area contributed by atoms with Gasteiger partial charge in [-0.3, -0.25) is 4.99 Å². The highest BCUT2D eigenvalue weighted by Crippen LogP contribution is 2.10. The maximum Gasteiger partial charge on any atom is 0.191 e. The molecular weight excluding hydrogens is 372 g/mol. The maximum atomic E-state index is 5.78. The van der Waals surface area contributed by atoms with E-state index < -0.39 is 0 Å². The van der Waals surface area contributed by atoms with Gasteiger partial charge in [0.1, 0.15) is 24.5 Å². The Bertz CT molecular complexity index is 701. The lowest BCUT2D eigenvalue weighted by Crippen LogP contribution is -2.41. The molecule has 8 heteroatoms. The van der Waals surface area contributed by atoms with Crippen molar-refractivity contribution in [1.82, 2.24) is 25.4 Å². The first-order chi connectivity index (χ1) is 13.7. The number of ether oxygens (including phenoxy) is 1. The van der Waals surface area contributed by atoms with Crippen LogP contribution in [0.2, 0.25) is 0 Å². The molecule has 0 bridgehead atoms. The molecule has 0 saturated heterocycles. The van der Waals surface area contributed by atoms with Crippen LogP contribution >= 0.6 is 11.8 Å². The van der Waals surface area contributed by atoms with Crippen LogP contribution in [0, 0.1) is 6.92 Å². The fourth-order valence-corrected chi connectivity index (χ4v) is 3.00. The Balaban J connectivity index is 1.76. The van der Waals surface area contributed by atoms with E-state index in [0.717, 1.165) is 55.8 Å². The first kappa shape index (κ1) is 22.1. The Morgan fingerprint density at radius 1 is 1.21 bits per heavy atom. The van der Waals surface area contributed by atoms with Crippen LogP contribution in [-0.4, -0.2) is 59.0 Å². The van der Waals surface area contributed by atoms with Crippen LogP contribution in [0.5, 0.6) is 5.75 Å². The molecule has 2 rings (SSSR count). The second kappa shape index (κ2) is 13.0. The van der Waals surface area contributed by atoms with Gasteiger partial charge in [-0.15, -0.1) is 10.2 Å². The van der Waals surface area contributed by atoms with Crippen molar-refractivity contribution in [3.63, 3.8) is 0 Å². The van der Waals surface area contributed by atoms with E-state index in [-0.39, 0.29) is 0 Å². The smallest absolute Gasteiger partial charge is 0.191 e. The minimum Gasteiger partial charge on any atom is -0.492 e. The van der Waals surface area contributed by atoms with Crippen LogP contribution in [0.1, 0.15) is 24.7 Å². The summed E-state index contributed by atoms with van der Waals surface area (Å²) in [5.41, 5.74) is 1.23. The lowest BCUT2D eigenvalue weighted by molar-refractivity contribution is 0.322. The van der Waals surface area contributed by atoms with Gasteiger partial charge in [-0.2, -0.15) is 11.8 Å². The van der Waals surface area contributed by atoms with E-state index in [1.165, 1.54) is 5.56 Å². The molecule has 1 heterocycles. The fourth-order valence-electron chi connectivity index (χ4n) is 2.58. The normalized spacial score (nSPS) is 11.5. The fraction of sp³-hybridized carbons (Fsp3) is 0.550. The third-order valence-corrected chi connectivity index (χ3v) is 4.81. The Morgan fingerprint density at radius 3 is 2.75 bits per heavy atom. The minimum absolute atomic E-state index is 0.583. The number of hydrogen-bond acceptors (Lipinski definition) is 5. The zero-order valence-electron chi connectivity index (χ0n) is 17.1. The van der Waals surface area contributed by atoms with Gasteiger partial charge < -0.3 is 19.9 Å². The van der Waals surface area contributed by atoms with Crippen LogP contribution in [-0.2, 0) is 13.0 Å². The van der Waals surface area contributed by atoms with Crippen LogP contribution in [0.25, 0.3) is 0 Å². The monoisotopic (exact) mass is 404 g/mol. The van der Waals surface area contributed by atoms with Crippen molar-refractivity contribution in [2.45, 2.75) is 33.2 Å². The van der Waals surface area contributed by atoms with Gasteiger partial charge in [-0.1, -0.05) is 24.6 Å². The van der Waals surface area contributed by atoms with Gasteiger partial charge in [0.25, 0.3) is 0 Å². The number of benzene rings is 1. The van der Waals surface area contributed by atoms with Gasteiger partial charge in [0, 0.05) is 26.1 Å². The van der Waals surface area contributed by atoms with E-state index in [0.29, 0.717) is 13.2 Å². The summed E-state index contributed by atoms with van der Waals surface area (Å²) in [6.45, 7) is 7.80. The number of nitrogens with one attached hydrogen (secondary N) is 2. The first-order valence-corrected chi connectivity index (χ1v) is 11.2. The van der Waals surface area contributed by atoms with Crippen molar-refractivity contribution in [2.24, 2.45) is 4.99 Å². The number of aliphatic imine (C=N–C) groups is 1. The molecule has 2 aromatic rings. The minimum atomic E-state index is 0.583. The number of thioether (sulfide) groups is 1. The molecule has 1 aromatic carbocycles. The highest BCUT2D eigenvalue weighted by Gasteiger charge is 2.03. The molecule has 0 amide bonds. The van der Waals surface area contributed by atoms with Crippen molar-refractivity contribution in [3.8, 4) is 5.75 Å². The van der Waals surface area contributed by atoms with Crippen molar-refractivity contribution in [2.75, 3.05) is 38.2 Å². The van der Waals surface area contributed by atoms with E-state index in [9.17, 15) is 0 Å². The summed E-state index contributed by atoms with van der Waals surface area (Å²) < 4.78 is 7.85. The molecule has 0 spiro atoms. The van der Waals surface area contributed by atoms with Gasteiger partial charge >= 0.3 is 0 Å². The largest absolute Gasteiger partial charge is 0.492 e. The zero-order valence-corrected chi connectivity index (χ0v) is 18.0. The van der Waals surface area contributed by atoms with Crippen molar-refractivity contribution in [3.05, 3.63) is 42.0 Å². The average molecular weight is 405 g/mol. The summed E-state index contributed by atoms with van der Waals surface area (Å²) in [4.78, 5) is 4.66. The van der Waals surface area contributed by atoms with Crippen LogP contribution in [0.4, 0.5) is 0 Å². The Labute approximate surface area is 172 Å². The second-order valence-corrected chi connectivity index (χ2v) is 7.37. The van der Waals surface area contributed by atoms with E-state index in [1.807, 2.05) is 23.9 Å². The number of hydrogen-bond donors (Lipinski definition) is 2. The highest BCUT2D eigenvalue weighted by atomic mass is 32.2. The number of rotatable bonds is 12. The molecule has 154 valence electrons. The summed E-state index contributed by atoms with van der Waals surface area (Å²) in [6.07, 6.45) is 5.84. The summed E-state index contributed by atoms with van der Waals surface area (Å²) in [5, 5.41) is 14.8. The molecule has 0 unspecified atom stereocenters. The number of aromatic nitrogens is 3. The molecular formula is C20H32N6OS. The van der Waals surface area contributed by atoms with Crippen molar-refractivity contribution >= 4 is 17.7 Å². The highest BCUT2D eigenvalue weighted by molar-refractivity contribution is 7.98. The van der Waals surface area contributed by atoms with Crippen molar-refractivity contribution < 1.29 is 4.74 Å². The lowest BCUT2D eigenvalue weighted by atomic mass is 10.2. The molecule has 2 N–H and O–H groups in total. The molecule has 0 aliphatic rings. The summed E-state index contributed by atoms with van der Waals surface area (Å²) >= 11 is 1.85. The van der Waals surface area contributed by atoms with Gasteiger partial charge in [0.15, 0.2) is 5.96 Å². The van der Waals surface area contributed by atoms with Crippen LogP contribution in [0.3, 0.4) is 0 Å². The second-order valence-electron chi connectivity index (χ2n) is 6.39. The van der Waals surface area contributed by atoms with Crippen LogP contribution in [0.15, 0.2) is 35.6 Å². The maximum absolute atomic E-state index is 5.78. The van der Waals surface area contributed by atoms with Crippen molar-refractivity contribution in [1.29, 1.82) is 0 Å². The quantitative estimate of drug-likeness (QED) is 0.322. The Hall–Kier alpha value is -2.22. The number of nitrogens with zero attached hydrogens (tertiary/aromatic N) is 4. The number of guanidine groups is 1. The number of aryl methyl sites for hydroxylation is 2. The van der Waals surface area contributed by atoms with Gasteiger partial charge in [-0.05, 0) is 37.5 Å². The predicted molar refractivity (Wildman–Crippen MR) is 117 cm³/mol. The molecule has 28 heavy (non-hydrogen) atoms. The molecule has 0 fully saturated rings. The Kier molecular flexibility index (Phi) is 10.3. The summed E-state index contributed by atoms with van der Waals surface area (Å²) in [7, 11) is 0. The predicted octanol–water partition coefficient (Wildman–Crippen LogP) is 2.52. The van der Waals surface area contributed by atoms with E-state index in [1.54, 1.807) is 6.33 Å². The third-order valence-electron chi connectivity index (χ3n) is 4.12. The summed E-state index contributed by atoms with van der Waals surface area (Å²) in [5.74, 6) is 3.83. The van der Waals surface area contributed by atoms with E-state index >= 15 is 0 Å². The Morgan fingerprint density at radius 2 is 2.00 bits per heavy atom. The molecule has 7 nitrogen and oxygen atoms in total. The van der Waals surface area contributed by atoms with Gasteiger partial charge in [0.2, 0.25) is 0 Å². The van der Waals surface area contributed by atoms with Gasteiger partial charge in [0.05, 0.1) is 6.54 Å². The van der Waals surface area contributed by atoms with E-state index in [2.05, 4.69) is 62.6 Å². The standard InChI is InChI=1S/C20H32N6OS/c1-4-19-25-24-16-26(19)13-11-22-20(21-10-5-15-28-3)23-12-14-27-18-8-6-17(2)7-9-18/h6-9,16H,4-5,10-15H2,1-3H3,(H2,21,22,23). The SMILES string of the molecule is CCc1nncn1CCNC(=NCCCSC)NCCOc1ccc(C)cc1. The molecule has 0 radical (unpaired) electrons. The average Bonchev–Trinajstić information content (AvgIpc) is 3.17. The third kappa shape index (κ3) is 8.21. The topological polar surface area (TPSA) is 76.4 Å². The van der Waals surface area contributed by atoms with E-state index in [4.69, 9.17) is 4.74 Å². The molecule has 0 atom stereocenters. The lowest BCUT2D eigenvalue weighted by Gasteiger charge is -2.14. The van der Waals surface area contributed by atoms with Crippen LogP contribution < -0.4 is 15.4 Å². The molecule has 1 aromatic heterocycles.